The van der Waals surface area contributed by atoms with Gasteiger partial charge in [-0.25, -0.2) is 0 Å². The van der Waals surface area contributed by atoms with E-state index in [0.717, 1.165) is 29.2 Å². The topological polar surface area (TPSA) is 38.8 Å². The second kappa shape index (κ2) is 11.1. The Morgan fingerprint density at radius 2 is 1.43 bits per heavy atom. The standard InChI is InChI=1S/C29H29NO3S2/c1-29(2,3)22-12-16-25(17-13-22)33-19-7-18-32-24-14-10-21(11-15-24)20-26-27(31)30(28(34)35-26)23-8-5-4-6-9-23/h4-6,8-17,20H,7,18-19H2,1-3H3/b26-20-. The summed E-state index contributed by atoms with van der Waals surface area (Å²) in [7, 11) is 0. The van der Waals surface area contributed by atoms with E-state index >= 15 is 0 Å². The number of carbonyl (C=O) groups excluding carboxylic acids is 1. The number of para-hydroxylation sites is 1. The first-order valence-corrected chi connectivity index (χ1v) is 12.8. The van der Waals surface area contributed by atoms with Crippen molar-refractivity contribution in [2.45, 2.75) is 32.6 Å². The summed E-state index contributed by atoms with van der Waals surface area (Å²) in [5.41, 5.74) is 3.14. The van der Waals surface area contributed by atoms with Crippen LogP contribution in [0.2, 0.25) is 0 Å². The van der Waals surface area contributed by atoms with Gasteiger partial charge < -0.3 is 9.47 Å². The van der Waals surface area contributed by atoms with Crippen LogP contribution in [0.15, 0.2) is 83.8 Å². The van der Waals surface area contributed by atoms with Crippen LogP contribution in [0.3, 0.4) is 0 Å². The molecule has 3 aromatic carbocycles. The largest absolute Gasteiger partial charge is 0.493 e. The number of nitrogens with zero attached hydrogens (tertiary/aromatic N) is 1. The molecule has 0 bridgehead atoms. The first-order chi connectivity index (χ1) is 16.8. The molecule has 1 saturated heterocycles. The molecule has 1 aliphatic rings. The van der Waals surface area contributed by atoms with Gasteiger partial charge in [0.05, 0.1) is 23.8 Å². The average molecular weight is 504 g/mol. The van der Waals surface area contributed by atoms with Gasteiger partial charge in [-0.3, -0.25) is 9.69 Å². The minimum atomic E-state index is -0.0976. The van der Waals surface area contributed by atoms with Crippen LogP contribution in [-0.4, -0.2) is 23.4 Å². The number of hydrogen-bond donors (Lipinski definition) is 0. The van der Waals surface area contributed by atoms with Crippen LogP contribution in [0.4, 0.5) is 5.69 Å². The molecule has 0 saturated carbocycles. The molecule has 4 nitrogen and oxygen atoms in total. The second-order valence-electron chi connectivity index (χ2n) is 9.25. The lowest BCUT2D eigenvalue weighted by atomic mass is 9.87. The number of amides is 1. The fourth-order valence-electron chi connectivity index (χ4n) is 3.57. The third kappa shape index (κ3) is 6.53. The number of rotatable bonds is 8. The molecule has 4 rings (SSSR count). The Kier molecular flexibility index (Phi) is 7.93. The Labute approximate surface area is 216 Å². The van der Waals surface area contributed by atoms with Crippen LogP contribution in [0, 0.1) is 0 Å². The van der Waals surface area contributed by atoms with E-state index in [2.05, 4.69) is 32.9 Å². The maximum Gasteiger partial charge on any atom is 0.270 e. The van der Waals surface area contributed by atoms with E-state index < -0.39 is 0 Å². The van der Waals surface area contributed by atoms with Crippen molar-refractivity contribution in [1.29, 1.82) is 0 Å². The molecular weight excluding hydrogens is 474 g/mol. The Hall–Kier alpha value is -3.09. The predicted molar refractivity (Wildman–Crippen MR) is 149 cm³/mol. The van der Waals surface area contributed by atoms with Gasteiger partial charge in [-0.1, -0.05) is 87.2 Å². The molecule has 0 aliphatic carbocycles. The van der Waals surface area contributed by atoms with E-state index in [1.165, 1.54) is 17.3 Å². The molecule has 0 radical (unpaired) electrons. The molecule has 35 heavy (non-hydrogen) atoms. The van der Waals surface area contributed by atoms with Gasteiger partial charge in [0, 0.05) is 6.42 Å². The van der Waals surface area contributed by atoms with E-state index in [0.29, 0.717) is 22.4 Å². The minimum absolute atomic E-state index is 0.0976. The zero-order chi connectivity index (χ0) is 24.8. The van der Waals surface area contributed by atoms with Crippen molar-refractivity contribution in [3.8, 4) is 11.5 Å². The third-order valence-electron chi connectivity index (χ3n) is 5.53. The van der Waals surface area contributed by atoms with Gasteiger partial charge in [0.2, 0.25) is 0 Å². The van der Waals surface area contributed by atoms with Crippen molar-refractivity contribution in [3.05, 3.63) is 94.9 Å². The quantitative estimate of drug-likeness (QED) is 0.184. The lowest BCUT2D eigenvalue weighted by molar-refractivity contribution is -0.113. The molecule has 1 heterocycles. The van der Waals surface area contributed by atoms with E-state index in [4.69, 9.17) is 21.7 Å². The van der Waals surface area contributed by atoms with Gasteiger partial charge in [-0.15, -0.1) is 0 Å². The lowest BCUT2D eigenvalue weighted by Gasteiger charge is -2.19. The number of thioether (sulfide) groups is 1. The van der Waals surface area contributed by atoms with Crippen LogP contribution in [0.25, 0.3) is 6.08 Å². The monoisotopic (exact) mass is 503 g/mol. The predicted octanol–water partition coefficient (Wildman–Crippen LogP) is 7.24. The van der Waals surface area contributed by atoms with Gasteiger partial charge in [-0.05, 0) is 59.0 Å². The van der Waals surface area contributed by atoms with Crippen LogP contribution < -0.4 is 14.4 Å². The highest BCUT2D eigenvalue weighted by molar-refractivity contribution is 8.27. The molecule has 1 amide bonds. The summed E-state index contributed by atoms with van der Waals surface area (Å²) < 4.78 is 12.2. The fourth-order valence-corrected chi connectivity index (χ4v) is 4.87. The third-order valence-corrected chi connectivity index (χ3v) is 6.83. The van der Waals surface area contributed by atoms with Crippen LogP contribution in [0.5, 0.6) is 11.5 Å². The molecule has 180 valence electrons. The number of carbonyl (C=O) groups is 1. The minimum Gasteiger partial charge on any atom is -0.493 e. The zero-order valence-electron chi connectivity index (χ0n) is 20.2. The molecule has 0 atom stereocenters. The maximum absolute atomic E-state index is 12.9. The molecule has 1 aliphatic heterocycles. The Morgan fingerprint density at radius 1 is 0.857 bits per heavy atom. The number of anilines is 1. The summed E-state index contributed by atoms with van der Waals surface area (Å²) in [6.45, 7) is 7.76. The summed E-state index contributed by atoms with van der Waals surface area (Å²) in [6, 6.07) is 25.5. The van der Waals surface area contributed by atoms with Gasteiger partial charge in [0.1, 0.15) is 11.5 Å². The summed E-state index contributed by atoms with van der Waals surface area (Å²) >= 11 is 6.75. The summed E-state index contributed by atoms with van der Waals surface area (Å²) in [6.07, 6.45) is 2.65. The van der Waals surface area contributed by atoms with Gasteiger partial charge in [-0.2, -0.15) is 0 Å². The van der Waals surface area contributed by atoms with Gasteiger partial charge in [0.25, 0.3) is 5.91 Å². The van der Waals surface area contributed by atoms with E-state index in [1.54, 1.807) is 4.90 Å². The van der Waals surface area contributed by atoms with Crippen LogP contribution >= 0.6 is 24.0 Å². The number of hydrogen-bond acceptors (Lipinski definition) is 5. The zero-order valence-corrected chi connectivity index (χ0v) is 21.8. The Morgan fingerprint density at radius 3 is 2.00 bits per heavy atom. The van der Waals surface area contributed by atoms with Crippen molar-refractivity contribution < 1.29 is 14.3 Å². The molecule has 3 aromatic rings. The van der Waals surface area contributed by atoms with Crippen LogP contribution in [0.1, 0.15) is 38.3 Å². The van der Waals surface area contributed by atoms with Crippen LogP contribution in [-0.2, 0) is 10.2 Å². The molecule has 0 aromatic heterocycles. The van der Waals surface area contributed by atoms with E-state index in [1.807, 2.05) is 72.8 Å². The molecular formula is C29H29NO3S2. The normalized spacial score (nSPS) is 15.1. The molecule has 1 fully saturated rings. The summed E-state index contributed by atoms with van der Waals surface area (Å²) in [5.74, 6) is 1.56. The lowest BCUT2D eigenvalue weighted by Crippen LogP contribution is -2.27. The van der Waals surface area contributed by atoms with Gasteiger partial charge >= 0.3 is 0 Å². The van der Waals surface area contributed by atoms with Crippen molar-refractivity contribution in [1.82, 2.24) is 0 Å². The Bertz CT molecular complexity index is 1200. The highest BCUT2D eigenvalue weighted by Gasteiger charge is 2.33. The van der Waals surface area contributed by atoms with Crippen molar-refractivity contribution in [2.24, 2.45) is 0 Å². The van der Waals surface area contributed by atoms with Crippen molar-refractivity contribution in [3.63, 3.8) is 0 Å². The second-order valence-corrected chi connectivity index (χ2v) is 10.9. The number of benzene rings is 3. The summed E-state index contributed by atoms with van der Waals surface area (Å²) in [5, 5.41) is 0. The van der Waals surface area contributed by atoms with E-state index in [9.17, 15) is 4.79 Å². The molecule has 0 unspecified atom stereocenters. The maximum atomic E-state index is 12.9. The number of ether oxygens (including phenoxy) is 2. The summed E-state index contributed by atoms with van der Waals surface area (Å²) in [4.78, 5) is 15.1. The molecule has 0 spiro atoms. The molecule has 0 N–H and O–H groups in total. The van der Waals surface area contributed by atoms with Crippen molar-refractivity contribution >= 4 is 46.0 Å². The van der Waals surface area contributed by atoms with Gasteiger partial charge in [0.15, 0.2) is 4.32 Å². The molecule has 6 heteroatoms. The first kappa shape index (κ1) is 25.0. The highest BCUT2D eigenvalue weighted by atomic mass is 32.2. The first-order valence-electron chi connectivity index (χ1n) is 11.6. The van der Waals surface area contributed by atoms with E-state index in [-0.39, 0.29) is 11.3 Å². The average Bonchev–Trinajstić information content (AvgIpc) is 3.12. The Balaban J connectivity index is 1.25. The fraction of sp³-hybridized carbons (Fsp3) is 0.241. The highest BCUT2D eigenvalue weighted by Crippen LogP contribution is 2.36. The van der Waals surface area contributed by atoms with Crippen molar-refractivity contribution in [2.75, 3.05) is 18.1 Å². The number of thiocarbonyl (C=S) groups is 1. The smallest absolute Gasteiger partial charge is 0.270 e. The SMILES string of the molecule is CC(C)(C)c1ccc(OCCCOc2ccc(/C=C3\SC(=S)N(c4ccccc4)C3=O)cc2)cc1.